The first-order valence-electron chi connectivity index (χ1n) is 4.29. The van der Waals surface area contributed by atoms with Gasteiger partial charge in [0, 0.05) is 17.1 Å². The molecule has 0 heterocycles. The fraction of sp³-hybridized carbons (Fsp3) is 0.400. The van der Waals surface area contributed by atoms with Gasteiger partial charge in [0.05, 0.1) is 13.2 Å². The predicted octanol–water partition coefficient (Wildman–Crippen LogP) is 1.97. The first-order chi connectivity index (χ1) is 6.77. The number of rotatable bonds is 5. The summed E-state index contributed by atoms with van der Waals surface area (Å²) in [6, 6.07) is 5.54. The Labute approximate surface area is 91.8 Å². The highest BCUT2D eigenvalue weighted by Gasteiger charge is 2.02. The molecule has 0 bridgehead atoms. The van der Waals surface area contributed by atoms with Crippen LogP contribution in [0.25, 0.3) is 0 Å². The molecule has 0 aliphatic carbocycles. The zero-order valence-electron chi connectivity index (χ0n) is 8.00. The topological polar surface area (TPSA) is 38.7 Å². The van der Waals surface area contributed by atoms with Gasteiger partial charge in [-0.05, 0) is 18.2 Å². The Morgan fingerprint density at radius 2 is 2.14 bits per heavy atom. The zero-order chi connectivity index (χ0) is 10.4. The van der Waals surface area contributed by atoms with E-state index in [9.17, 15) is 0 Å². The van der Waals surface area contributed by atoms with Crippen LogP contribution in [0.15, 0.2) is 22.7 Å². The molecule has 0 aliphatic rings. The van der Waals surface area contributed by atoms with E-state index in [2.05, 4.69) is 15.9 Å². The summed E-state index contributed by atoms with van der Waals surface area (Å²) >= 11 is 3.33. The molecule has 3 nitrogen and oxygen atoms in total. The van der Waals surface area contributed by atoms with E-state index in [0.717, 1.165) is 10.0 Å². The van der Waals surface area contributed by atoms with Crippen LogP contribution in [-0.2, 0) is 11.3 Å². The van der Waals surface area contributed by atoms with Crippen LogP contribution in [0.3, 0.4) is 0 Å². The van der Waals surface area contributed by atoms with Crippen LogP contribution in [0.5, 0.6) is 5.75 Å². The molecule has 0 amide bonds. The van der Waals surface area contributed by atoms with E-state index < -0.39 is 0 Å². The first kappa shape index (κ1) is 11.5. The fourth-order valence-electron chi connectivity index (χ4n) is 1.05. The summed E-state index contributed by atoms with van der Waals surface area (Å²) in [5.74, 6) is 0.702. The first-order valence-corrected chi connectivity index (χ1v) is 5.08. The second-order valence-electron chi connectivity index (χ2n) is 2.75. The van der Waals surface area contributed by atoms with Gasteiger partial charge in [0.2, 0.25) is 0 Å². The Morgan fingerprint density at radius 3 is 2.79 bits per heavy atom. The van der Waals surface area contributed by atoms with E-state index in [1.165, 1.54) is 0 Å². The molecule has 0 saturated heterocycles. The number of benzene rings is 1. The van der Waals surface area contributed by atoms with Crippen LogP contribution in [0, 0.1) is 0 Å². The summed E-state index contributed by atoms with van der Waals surface area (Å²) in [6.07, 6.45) is 0. The van der Waals surface area contributed by atoms with Gasteiger partial charge in [0.1, 0.15) is 12.4 Å². The lowest BCUT2D eigenvalue weighted by Crippen LogP contribution is -2.05. The lowest BCUT2D eigenvalue weighted by Gasteiger charge is -2.09. The van der Waals surface area contributed by atoms with Crippen molar-refractivity contribution >= 4 is 15.9 Å². The fourth-order valence-corrected chi connectivity index (χ4v) is 1.46. The Kier molecular flexibility index (Phi) is 4.93. The van der Waals surface area contributed by atoms with E-state index >= 15 is 0 Å². The van der Waals surface area contributed by atoms with Crippen LogP contribution >= 0.6 is 15.9 Å². The van der Waals surface area contributed by atoms with Crippen molar-refractivity contribution in [1.82, 2.24) is 0 Å². The van der Waals surface area contributed by atoms with Gasteiger partial charge >= 0.3 is 0 Å². The second-order valence-corrected chi connectivity index (χ2v) is 3.67. The Hall–Kier alpha value is -0.580. The highest BCUT2D eigenvalue weighted by atomic mass is 79.9. The number of aliphatic hydroxyl groups excluding tert-OH is 1. The number of hydrogen-bond donors (Lipinski definition) is 1. The Bertz CT molecular complexity index is 289. The zero-order valence-corrected chi connectivity index (χ0v) is 9.58. The Balaban J connectivity index is 2.65. The SMILES string of the molecule is COCCOc1ccc(Br)cc1CO. The summed E-state index contributed by atoms with van der Waals surface area (Å²) in [5, 5.41) is 9.07. The quantitative estimate of drug-likeness (QED) is 0.823. The predicted molar refractivity (Wildman–Crippen MR) is 57.4 cm³/mol. The van der Waals surface area contributed by atoms with Gasteiger partial charge in [-0.1, -0.05) is 15.9 Å². The van der Waals surface area contributed by atoms with Crippen molar-refractivity contribution in [2.24, 2.45) is 0 Å². The largest absolute Gasteiger partial charge is 0.491 e. The normalized spacial score (nSPS) is 10.2. The molecule has 0 spiro atoms. The average Bonchev–Trinajstić information content (AvgIpc) is 2.20. The Morgan fingerprint density at radius 1 is 1.36 bits per heavy atom. The highest BCUT2D eigenvalue weighted by Crippen LogP contribution is 2.23. The van der Waals surface area contributed by atoms with Crippen molar-refractivity contribution in [3.05, 3.63) is 28.2 Å². The summed E-state index contributed by atoms with van der Waals surface area (Å²) in [5.41, 5.74) is 0.774. The molecule has 1 aromatic carbocycles. The minimum absolute atomic E-state index is 0.0260. The lowest BCUT2D eigenvalue weighted by molar-refractivity contribution is 0.144. The molecular weight excluding hydrogens is 248 g/mol. The van der Waals surface area contributed by atoms with Crippen molar-refractivity contribution in [3.63, 3.8) is 0 Å². The van der Waals surface area contributed by atoms with Crippen molar-refractivity contribution in [2.45, 2.75) is 6.61 Å². The van der Waals surface area contributed by atoms with Gasteiger partial charge in [-0.3, -0.25) is 0 Å². The maximum Gasteiger partial charge on any atom is 0.125 e. The van der Waals surface area contributed by atoms with Crippen LogP contribution in [0.4, 0.5) is 0 Å². The van der Waals surface area contributed by atoms with Gasteiger partial charge in [-0.15, -0.1) is 0 Å². The third kappa shape index (κ3) is 3.29. The van der Waals surface area contributed by atoms with Crippen molar-refractivity contribution in [3.8, 4) is 5.75 Å². The van der Waals surface area contributed by atoms with E-state index in [4.69, 9.17) is 14.6 Å². The molecule has 1 N–H and O–H groups in total. The smallest absolute Gasteiger partial charge is 0.125 e. The summed E-state index contributed by atoms with van der Waals surface area (Å²) in [7, 11) is 1.62. The number of methoxy groups -OCH3 is 1. The van der Waals surface area contributed by atoms with Crippen LogP contribution in [0.1, 0.15) is 5.56 Å². The highest BCUT2D eigenvalue weighted by molar-refractivity contribution is 9.10. The molecule has 4 heteroatoms. The van der Waals surface area contributed by atoms with Crippen LogP contribution < -0.4 is 4.74 Å². The summed E-state index contributed by atoms with van der Waals surface area (Å²) in [4.78, 5) is 0. The van der Waals surface area contributed by atoms with Gasteiger partial charge in [0.25, 0.3) is 0 Å². The number of halogens is 1. The number of hydrogen-bond acceptors (Lipinski definition) is 3. The van der Waals surface area contributed by atoms with Crippen LogP contribution in [-0.4, -0.2) is 25.4 Å². The standard InChI is InChI=1S/C10H13BrO3/c1-13-4-5-14-10-3-2-9(11)6-8(10)7-12/h2-3,6,12H,4-5,7H2,1H3. The minimum atomic E-state index is -0.0260. The number of ether oxygens (including phenoxy) is 2. The van der Waals surface area contributed by atoms with Crippen molar-refractivity contribution in [2.75, 3.05) is 20.3 Å². The molecule has 1 aromatic rings. The second kappa shape index (κ2) is 6.01. The third-order valence-electron chi connectivity index (χ3n) is 1.74. The van der Waals surface area contributed by atoms with Gasteiger partial charge in [-0.25, -0.2) is 0 Å². The molecule has 0 atom stereocenters. The van der Waals surface area contributed by atoms with Gasteiger partial charge in [0.15, 0.2) is 0 Å². The third-order valence-corrected chi connectivity index (χ3v) is 2.23. The molecule has 0 radical (unpaired) electrons. The average molecular weight is 261 g/mol. The van der Waals surface area contributed by atoms with E-state index in [1.807, 2.05) is 18.2 Å². The molecule has 1 rings (SSSR count). The van der Waals surface area contributed by atoms with E-state index in [-0.39, 0.29) is 6.61 Å². The minimum Gasteiger partial charge on any atom is -0.491 e. The molecule has 0 unspecified atom stereocenters. The molecular formula is C10H13BrO3. The molecule has 0 aromatic heterocycles. The summed E-state index contributed by atoms with van der Waals surface area (Å²) in [6.45, 7) is 1.01. The molecule has 0 saturated carbocycles. The molecule has 0 aliphatic heterocycles. The van der Waals surface area contributed by atoms with Crippen molar-refractivity contribution in [1.29, 1.82) is 0 Å². The number of aliphatic hydroxyl groups is 1. The molecule has 0 fully saturated rings. The summed E-state index contributed by atoms with van der Waals surface area (Å²) < 4.78 is 11.2. The van der Waals surface area contributed by atoms with Gasteiger partial charge < -0.3 is 14.6 Å². The van der Waals surface area contributed by atoms with Crippen LogP contribution in [0.2, 0.25) is 0 Å². The van der Waals surface area contributed by atoms with Crippen molar-refractivity contribution < 1.29 is 14.6 Å². The maximum absolute atomic E-state index is 9.07. The van der Waals surface area contributed by atoms with Gasteiger partial charge in [-0.2, -0.15) is 0 Å². The maximum atomic E-state index is 9.07. The van der Waals surface area contributed by atoms with E-state index in [1.54, 1.807) is 7.11 Å². The van der Waals surface area contributed by atoms with E-state index in [0.29, 0.717) is 19.0 Å². The monoisotopic (exact) mass is 260 g/mol. The molecule has 14 heavy (non-hydrogen) atoms. The molecule has 78 valence electrons. The lowest BCUT2D eigenvalue weighted by atomic mass is 10.2.